The minimum atomic E-state index is -0.507. The highest BCUT2D eigenvalue weighted by atomic mass is 79.9. The maximum Gasteiger partial charge on any atom is 0.266 e. The largest absolute Gasteiger partial charge is 0.497 e. The molecule has 5 nitrogen and oxygen atoms in total. The number of methoxy groups -OCH3 is 2. The summed E-state index contributed by atoms with van der Waals surface area (Å²) in [5.41, 5.74) is 3.06. The van der Waals surface area contributed by atoms with Crippen molar-refractivity contribution in [1.82, 2.24) is 0 Å². The lowest BCUT2D eigenvalue weighted by molar-refractivity contribution is -0.112. The van der Waals surface area contributed by atoms with Crippen molar-refractivity contribution < 1.29 is 14.3 Å². The van der Waals surface area contributed by atoms with E-state index < -0.39 is 5.91 Å². The van der Waals surface area contributed by atoms with E-state index in [-0.39, 0.29) is 5.57 Å². The second kappa shape index (κ2) is 10.9. The third-order valence-corrected chi connectivity index (χ3v) is 5.82. The van der Waals surface area contributed by atoms with Gasteiger partial charge in [-0.3, -0.25) is 4.79 Å². The highest BCUT2D eigenvalue weighted by molar-refractivity contribution is 9.10. The van der Waals surface area contributed by atoms with Crippen molar-refractivity contribution in [1.29, 1.82) is 5.26 Å². The van der Waals surface area contributed by atoms with Gasteiger partial charge in [0.25, 0.3) is 5.91 Å². The maximum atomic E-state index is 12.6. The van der Waals surface area contributed by atoms with Gasteiger partial charge in [-0.05, 0) is 59.7 Å². The molecule has 1 amide bonds. The number of nitriles is 1. The second-order valence-electron chi connectivity index (χ2n) is 6.80. The molecule has 0 aromatic heterocycles. The van der Waals surface area contributed by atoms with Crippen LogP contribution in [0.2, 0.25) is 5.02 Å². The molecule has 0 aliphatic carbocycles. The zero-order valence-corrected chi connectivity index (χ0v) is 19.8. The summed E-state index contributed by atoms with van der Waals surface area (Å²) in [6, 6.07) is 20.1. The SMILES string of the molecule is COc1ccc(NC(=O)/C(C#N)=C/c2cc(Br)c(Cc3ccccc3Cl)c(OC)c2)cc1. The van der Waals surface area contributed by atoms with Gasteiger partial charge in [0.05, 0.1) is 14.2 Å². The van der Waals surface area contributed by atoms with Crippen LogP contribution in [0.5, 0.6) is 11.5 Å². The Labute approximate surface area is 200 Å². The molecule has 1 N–H and O–H groups in total. The van der Waals surface area contributed by atoms with Crippen LogP contribution in [0.1, 0.15) is 16.7 Å². The average Bonchev–Trinajstić information content (AvgIpc) is 2.80. The Morgan fingerprint density at radius 1 is 1.12 bits per heavy atom. The molecule has 3 rings (SSSR count). The number of benzene rings is 3. The zero-order valence-electron chi connectivity index (χ0n) is 17.5. The molecule has 0 aliphatic heterocycles. The minimum absolute atomic E-state index is 0.0337. The van der Waals surface area contributed by atoms with Crippen LogP contribution in [-0.2, 0) is 11.2 Å². The fraction of sp³-hybridized carbons (Fsp3) is 0.120. The molecule has 0 spiro atoms. The number of hydrogen-bond acceptors (Lipinski definition) is 4. The van der Waals surface area contributed by atoms with Crippen molar-refractivity contribution in [2.45, 2.75) is 6.42 Å². The standard InChI is InChI=1S/C25H20BrClN2O3/c1-31-20-9-7-19(8-10-20)29-25(30)18(15-28)11-16-12-22(26)21(24(13-16)32-2)14-17-5-3-4-6-23(17)27/h3-13H,14H2,1-2H3,(H,29,30)/b18-11+. The first kappa shape index (κ1) is 23.4. The Hall–Kier alpha value is -3.27. The fourth-order valence-corrected chi connectivity index (χ4v) is 3.89. The Morgan fingerprint density at radius 3 is 2.47 bits per heavy atom. The molecule has 0 saturated heterocycles. The molecule has 32 heavy (non-hydrogen) atoms. The van der Waals surface area contributed by atoms with Gasteiger partial charge in [0, 0.05) is 27.2 Å². The smallest absolute Gasteiger partial charge is 0.266 e. The number of ether oxygens (including phenoxy) is 2. The van der Waals surface area contributed by atoms with Crippen LogP contribution in [0.25, 0.3) is 6.08 Å². The predicted molar refractivity (Wildman–Crippen MR) is 130 cm³/mol. The molecule has 0 unspecified atom stereocenters. The molecule has 3 aromatic rings. The first-order valence-electron chi connectivity index (χ1n) is 9.62. The van der Waals surface area contributed by atoms with Crippen LogP contribution >= 0.6 is 27.5 Å². The van der Waals surface area contributed by atoms with Gasteiger partial charge < -0.3 is 14.8 Å². The molecular weight excluding hydrogens is 492 g/mol. The molecule has 0 fully saturated rings. The van der Waals surface area contributed by atoms with Gasteiger partial charge in [-0.15, -0.1) is 0 Å². The predicted octanol–water partition coefficient (Wildman–Crippen LogP) is 6.26. The minimum Gasteiger partial charge on any atom is -0.497 e. The molecular formula is C25H20BrClN2O3. The second-order valence-corrected chi connectivity index (χ2v) is 8.07. The van der Waals surface area contributed by atoms with E-state index in [0.717, 1.165) is 15.6 Å². The monoisotopic (exact) mass is 510 g/mol. The van der Waals surface area contributed by atoms with E-state index >= 15 is 0 Å². The lowest BCUT2D eigenvalue weighted by Crippen LogP contribution is -2.13. The Morgan fingerprint density at radius 2 is 1.84 bits per heavy atom. The number of carbonyl (C=O) groups is 1. The average molecular weight is 512 g/mol. The van der Waals surface area contributed by atoms with E-state index in [2.05, 4.69) is 21.2 Å². The van der Waals surface area contributed by atoms with E-state index in [4.69, 9.17) is 21.1 Å². The molecule has 0 aliphatic rings. The number of rotatable bonds is 7. The highest BCUT2D eigenvalue weighted by Crippen LogP contribution is 2.33. The molecule has 7 heteroatoms. The third-order valence-electron chi connectivity index (χ3n) is 4.75. The van der Waals surface area contributed by atoms with Crippen LogP contribution in [0.15, 0.2) is 70.7 Å². The lowest BCUT2D eigenvalue weighted by Gasteiger charge is -2.13. The van der Waals surface area contributed by atoms with Crippen LogP contribution < -0.4 is 14.8 Å². The van der Waals surface area contributed by atoms with Gasteiger partial charge in [-0.25, -0.2) is 0 Å². The van der Waals surface area contributed by atoms with E-state index in [1.165, 1.54) is 6.08 Å². The number of carbonyl (C=O) groups excluding carboxylic acids is 1. The number of hydrogen-bond donors (Lipinski definition) is 1. The summed E-state index contributed by atoms with van der Waals surface area (Å²) in [5, 5.41) is 12.9. The van der Waals surface area contributed by atoms with Gasteiger partial charge in [-0.2, -0.15) is 5.26 Å². The van der Waals surface area contributed by atoms with Gasteiger partial charge >= 0.3 is 0 Å². The molecule has 162 valence electrons. The Balaban J connectivity index is 1.87. The van der Waals surface area contributed by atoms with Crippen molar-refractivity contribution in [3.8, 4) is 17.6 Å². The lowest BCUT2D eigenvalue weighted by atomic mass is 10.0. The first-order valence-corrected chi connectivity index (χ1v) is 10.8. The van der Waals surface area contributed by atoms with E-state index in [1.807, 2.05) is 36.4 Å². The van der Waals surface area contributed by atoms with Crippen molar-refractivity contribution in [3.05, 3.63) is 92.4 Å². The van der Waals surface area contributed by atoms with E-state index in [9.17, 15) is 10.1 Å². The Bertz CT molecular complexity index is 1200. The molecule has 0 saturated carbocycles. The Kier molecular flexibility index (Phi) is 7.93. The normalized spacial score (nSPS) is 10.9. The quantitative estimate of drug-likeness (QED) is 0.300. The van der Waals surface area contributed by atoms with Crippen molar-refractivity contribution in [2.75, 3.05) is 19.5 Å². The van der Waals surface area contributed by atoms with E-state index in [0.29, 0.717) is 34.2 Å². The fourth-order valence-electron chi connectivity index (χ4n) is 3.09. The molecule has 3 aromatic carbocycles. The van der Waals surface area contributed by atoms with Crippen LogP contribution in [0.4, 0.5) is 5.69 Å². The summed E-state index contributed by atoms with van der Waals surface area (Å²) in [7, 11) is 3.14. The summed E-state index contributed by atoms with van der Waals surface area (Å²) >= 11 is 9.90. The summed E-state index contributed by atoms with van der Waals surface area (Å²) in [4.78, 5) is 12.6. The number of nitrogens with one attached hydrogen (secondary N) is 1. The third kappa shape index (κ3) is 5.70. The van der Waals surface area contributed by atoms with Gasteiger partial charge in [-0.1, -0.05) is 45.7 Å². The first-order chi connectivity index (χ1) is 15.4. The summed E-state index contributed by atoms with van der Waals surface area (Å²) < 4.78 is 11.5. The van der Waals surface area contributed by atoms with E-state index in [1.54, 1.807) is 44.6 Å². The van der Waals surface area contributed by atoms with Gasteiger partial charge in [0.1, 0.15) is 23.1 Å². The topological polar surface area (TPSA) is 71.3 Å². The summed E-state index contributed by atoms with van der Waals surface area (Å²) in [6.45, 7) is 0. The number of anilines is 1. The number of halogens is 2. The van der Waals surface area contributed by atoms with Crippen molar-refractivity contribution in [2.24, 2.45) is 0 Å². The van der Waals surface area contributed by atoms with Gasteiger partial charge in [0.2, 0.25) is 0 Å². The molecule has 0 heterocycles. The van der Waals surface area contributed by atoms with Crippen LogP contribution in [-0.4, -0.2) is 20.1 Å². The molecule has 0 bridgehead atoms. The van der Waals surface area contributed by atoms with Crippen molar-refractivity contribution in [3.63, 3.8) is 0 Å². The maximum absolute atomic E-state index is 12.6. The molecule has 0 atom stereocenters. The summed E-state index contributed by atoms with van der Waals surface area (Å²) in [5.74, 6) is 0.791. The number of nitrogens with zero attached hydrogens (tertiary/aromatic N) is 1. The number of amides is 1. The summed E-state index contributed by atoms with van der Waals surface area (Å²) in [6.07, 6.45) is 2.09. The van der Waals surface area contributed by atoms with Gasteiger partial charge in [0.15, 0.2) is 0 Å². The zero-order chi connectivity index (χ0) is 23.1. The highest BCUT2D eigenvalue weighted by Gasteiger charge is 2.14. The van der Waals surface area contributed by atoms with Crippen molar-refractivity contribution >= 4 is 45.2 Å². The molecule has 0 radical (unpaired) electrons. The van der Waals surface area contributed by atoms with Crippen LogP contribution in [0, 0.1) is 11.3 Å². The van der Waals surface area contributed by atoms with Crippen LogP contribution in [0.3, 0.4) is 0 Å².